The maximum Gasteiger partial charge on any atom is 0.248 e. The van der Waals surface area contributed by atoms with E-state index < -0.39 is 0 Å². The summed E-state index contributed by atoms with van der Waals surface area (Å²) in [4.78, 5) is 25.7. The van der Waals surface area contributed by atoms with Gasteiger partial charge in [0.25, 0.3) is 0 Å². The Morgan fingerprint density at radius 1 is 1.05 bits per heavy atom. The third-order valence-corrected chi connectivity index (χ3v) is 4.59. The highest BCUT2D eigenvalue weighted by Crippen LogP contribution is 2.32. The number of hydrogen-bond acceptors (Lipinski definition) is 4. The molecule has 3 aliphatic rings. The molecule has 0 aromatic rings. The first-order chi connectivity index (χ1) is 9.08. The van der Waals surface area contributed by atoms with Crippen molar-refractivity contribution in [1.82, 2.24) is 15.3 Å². The summed E-state index contributed by atoms with van der Waals surface area (Å²) in [6.07, 6.45) is 5.84. The van der Waals surface area contributed by atoms with E-state index in [2.05, 4.69) is 24.3 Å². The van der Waals surface area contributed by atoms with E-state index in [4.69, 9.17) is 0 Å². The fraction of sp³-hybridized carbons (Fsp3) is 0.857. The number of nitrogens with zero attached hydrogens (tertiary/aromatic N) is 2. The number of piperidine rings is 1. The molecule has 2 aliphatic heterocycles. The molecule has 1 N–H and O–H groups in total. The Morgan fingerprint density at radius 3 is 2.26 bits per heavy atom. The van der Waals surface area contributed by atoms with Crippen LogP contribution in [0.4, 0.5) is 0 Å². The van der Waals surface area contributed by atoms with Crippen LogP contribution < -0.4 is 5.43 Å². The average molecular weight is 265 g/mol. The molecule has 2 amide bonds. The molecule has 0 bridgehead atoms. The van der Waals surface area contributed by atoms with E-state index in [1.807, 2.05) is 0 Å². The van der Waals surface area contributed by atoms with Gasteiger partial charge in [-0.05, 0) is 39.5 Å². The largest absolute Gasteiger partial charge is 0.278 e. The zero-order valence-electron chi connectivity index (χ0n) is 11.8. The quantitative estimate of drug-likeness (QED) is 0.775. The van der Waals surface area contributed by atoms with Crippen LogP contribution in [-0.2, 0) is 9.59 Å². The highest BCUT2D eigenvalue weighted by molar-refractivity contribution is 6.06. The fourth-order valence-corrected chi connectivity index (χ4v) is 3.32. The second-order valence-electron chi connectivity index (χ2n) is 6.26. The van der Waals surface area contributed by atoms with Gasteiger partial charge in [-0.25, -0.2) is 10.4 Å². The van der Waals surface area contributed by atoms with Gasteiger partial charge in [-0.2, -0.15) is 0 Å². The number of hydrazine groups is 1. The van der Waals surface area contributed by atoms with Crippen LogP contribution in [0, 0.1) is 0 Å². The van der Waals surface area contributed by atoms with Crippen LogP contribution in [0.1, 0.15) is 52.4 Å². The Balaban J connectivity index is 1.66. The number of amides is 2. The monoisotopic (exact) mass is 265 g/mol. The summed E-state index contributed by atoms with van der Waals surface area (Å²) in [6.45, 7) is 4.37. The molecule has 3 rings (SSSR count). The Labute approximate surface area is 114 Å². The molecule has 0 radical (unpaired) electrons. The van der Waals surface area contributed by atoms with Crippen molar-refractivity contribution in [2.75, 3.05) is 0 Å². The summed E-state index contributed by atoms with van der Waals surface area (Å²) in [5.74, 6) is -0.0141. The topological polar surface area (TPSA) is 52.7 Å². The van der Waals surface area contributed by atoms with E-state index >= 15 is 0 Å². The van der Waals surface area contributed by atoms with Crippen molar-refractivity contribution in [2.24, 2.45) is 0 Å². The van der Waals surface area contributed by atoms with Gasteiger partial charge < -0.3 is 0 Å². The van der Waals surface area contributed by atoms with E-state index in [-0.39, 0.29) is 23.9 Å². The van der Waals surface area contributed by atoms with E-state index in [0.717, 1.165) is 25.7 Å². The Morgan fingerprint density at radius 2 is 1.68 bits per heavy atom. The number of imide groups is 1. The van der Waals surface area contributed by atoms with Crippen LogP contribution in [0.5, 0.6) is 0 Å². The predicted octanol–water partition coefficient (Wildman–Crippen LogP) is 1.04. The maximum absolute atomic E-state index is 12.3. The molecule has 2 saturated heterocycles. The van der Waals surface area contributed by atoms with Crippen molar-refractivity contribution in [3.63, 3.8) is 0 Å². The van der Waals surface area contributed by atoms with Gasteiger partial charge in [0.05, 0.1) is 6.42 Å². The van der Waals surface area contributed by atoms with E-state index in [9.17, 15) is 9.59 Å². The molecule has 3 fully saturated rings. The van der Waals surface area contributed by atoms with Crippen LogP contribution in [-0.4, -0.2) is 45.9 Å². The van der Waals surface area contributed by atoms with Crippen molar-refractivity contribution < 1.29 is 9.59 Å². The summed E-state index contributed by atoms with van der Waals surface area (Å²) >= 11 is 0. The summed E-state index contributed by atoms with van der Waals surface area (Å²) in [5, 5.41) is 2.19. The second kappa shape index (κ2) is 4.87. The smallest absolute Gasteiger partial charge is 0.248 e. The number of hydrogen-bond donors (Lipinski definition) is 1. The minimum Gasteiger partial charge on any atom is -0.278 e. The number of likely N-dealkylation sites (tertiary alicyclic amines) is 1. The highest BCUT2D eigenvalue weighted by Gasteiger charge is 2.47. The lowest BCUT2D eigenvalue weighted by Gasteiger charge is -2.40. The van der Waals surface area contributed by atoms with Gasteiger partial charge in [0.15, 0.2) is 0 Å². The summed E-state index contributed by atoms with van der Waals surface area (Å²) in [7, 11) is 0. The van der Waals surface area contributed by atoms with Gasteiger partial charge in [0, 0.05) is 18.1 Å². The zero-order valence-corrected chi connectivity index (χ0v) is 11.8. The molecule has 0 aromatic heterocycles. The Hall–Kier alpha value is -0.940. The van der Waals surface area contributed by atoms with Crippen LogP contribution in [0.2, 0.25) is 0 Å². The molecule has 106 valence electrons. The molecule has 0 spiro atoms. The van der Waals surface area contributed by atoms with E-state index in [0.29, 0.717) is 18.5 Å². The van der Waals surface area contributed by atoms with Crippen molar-refractivity contribution in [3.05, 3.63) is 0 Å². The average Bonchev–Trinajstić information content (AvgIpc) is 3.13. The normalized spacial score (nSPS) is 37.2. The minimum absolute atomic E-state index is 0.00214. The number of carbonyl (C=O) groups is 2. The summed E-state index contributed by atoms with van der Waals surface area (Å²) in [6, 6.07) is 0.724. The minimum atomic E-state index is -0.337. The SMILES string of the molecule is CC1CCCC(C)N1NC1CC(=O)N(C2CC2)C1=O. The maximum atomic E-state index is 12.3. The first-order valence-corrected chi connectivity index (χ1v) is 7.48. The van der Waals surface area contributed by atoms with Gasteiger partial charge in [0.2, 0.25) is 11.8 Å². The Bertz CT molecular complexity index is 384. The first-order valence-electron chi connectivity index (χ1n) is 7.48. The lowest BCUT2D eigenvalue weighted by molar-refractivity contribution is -0.140. The number of carbonyl (C=O) groups excluding carboxylic acids is 2. The third kappa shape index (κ3) is 2.41. The van der Waals surface area contributed by atoms with Crippen molar-refractivity contribution >= 4 is 11.8 Å². The summed E-state index contributed by atoms with van der Waals surface area (Å²) in [5.41, 5.74) is 3.33. The van der Waals surface area contributed by atoms with Crippen LogP contribution in [0.3, 0.4) is 0 Å². The van der Waals surface area contributed by atoms with Crippen molar-refractivity contribution in [2.45, 2.75) is 76.5 Å². The van der Waals surface area contributed by atoms with Crippen molar-refractivity contribution in [1.29, 1.82) is 0 Å². The molecule has 3 atom stereocenters. The number of nitrogens with one attached hydrogen (secondary N) is 1. The third-order valence-electron chi connectivity index (χ3n) is 4.59. The van der Waals surface area contributed by atoms with Gasteiger partial charge in [-0.15, -0.1) is 0 Å². The van der Waals surface area contributed by atoms with Crippen LogP contribution >= 0.6 is 0 Å². The van der Waals surface area contributed by atoms with Gasteiger partial charge in [-0.3, -0.25) is 14.5 Å². The van der Waals surface area contributed by atoms with Crippen molar-refractivity contribution in [3.8, 4) is 0 Å². The lowest BCUT2D eigenvalue weighted by Crippen LogP contribution is -2.57. The van der Waals surface area contributed by atoms with Gasteiger partial charge in [0.1, 0.15) is 6.04 Å². The molecular weight excluding hydrogens is 242 g/mol. The van der Waals surface area contributed by atoms with Gasteiger partial charge >= 0.3 is 0 Å². The van der Waals surface area contributed by atoms with E-state index in [1.54, 1.807) is 0 Å². The second-order valence-corrected chi connectivity index (χ2v) is 6.26. The Kier molecular flexibility index (Phi) is 3.35. The number of rotatable bonds is 3. The van der Waals surface area contributed by atoms with Crippen LogP contribution in [0.15, 0.2) is 0 Å². The first kappa shape index (κ1) is 13.1. The molecule has 2 heterocycles. The predicted molar refractivity (Wildman–Crippen MR) is 71.0 cm³/mol. The van der Waals surface area contributed by atoms with Gasteiger partial charge in [-0.1, -0.05) is 6.42 Å². The molecule has 5 heteroatoms. The van der Waals surface area contributed by atoms with Crippen LogP contribution in [0.25, 0.3) is 0 Å². The molecule has 19 heavy (non-hydrogen) atoms. The lowest BCUT2D eigenvalue weighted by atomic mass is 9.99. The molecule has 3 unspecified atom stereocenters. The molecule has 0 aromatic carbocycles. The summed E-state index contributed by atoms with van der Waals surface area (Å²) < 4.78 is 0. The highest BCUT2D eigenvalue weighted by atomic mass is 16.2. The zero-order chi connectivity index (χ0) is 13.6. The molecular formula is C14H23N3O2. The molecule has 5 nitrogen and oxygen atoms in total. The van der Waals surface area contributed by atoms with E-state index in [1.165, 1.54) is 11.3 Å². The standard InChI is InChI=1S/C14H23N3O2/c1-9-4-3-5-10(2)17(9)15-12-8-13(18)16(14(12)19)11-6-7-11/h9-12,15H,3-8H2,1-2H3. The molecule has 1 saturated carbocycles. The molecule has 1 aliphatic carbocycles. The fourth-order valence-electron chi connectivity index (χ4n) is 3.32.